The number of hydrogen-bond donors (Lipinski definition) is 1. The van der Waals surface area contributed by atoms with E-state index >= 15 is 0 Å². The third-order valence-electron chi connectivity index (χ3n) is 3.19. The normalized spacial score (nSPS) is 12.0. The largest absolute Gasteiger partial charge is 0.493 e. The zero-order chi connectivity index (χ0) is 17.7. The van der Waals surface area contributed by atoms with E-state index in [1.165, 1.54) is 11.3 Å². The molecule has 0 atom stereocenters. The molecule has 0 unspecified atom stereocenters. The van der Waals surface area contributed by atoms with Crippen LogP contribution < -0.4 is 15.4 Å². The summed E-state index contributed by atoms with van der Waals surface area (Å²) in [5.74, 6) is 0.915. The average molecular weight is 319 g/mol. The number of ether oxygens (including phenoxy) is 1. The summed E-state index contributed by atoms with van der Waals surface area (Å²) in [6, 6.07) is 8.31. The number of nitrogens with two attached hydrogens (primary N) is 1. The van der Waals surface area contributed by atoms with E-state index in [9.17, 15) is 0 Å². The van der Waals surface area contributed by atoms with Gasteiger partial charge in [-0.25, -0.2) is 0 Å². The Kier molecular flexibility index (Phi) is 6.69. The van der Waals surface area contributed by atoms with Crippen LogP contribution in [0.15, 0.2) is 35.9 Å². The van der Waals surface area contributed by atoms with Crippen LogP contribution in [0.25, 0.3) is 0 Å². The highest BCUT2D eigenvalue weighted by Gasteiger charge is 2.17. The van der Waals surface area contributed by atoms with E-state index in [1.54, 1.807) is 0 Å². The molecule has 23 heavy (non-hydrogen) atoms. The molecule has 0 aliphatic heterocycles. The summed E-state index contributed by atoms with van der Waals surface area (Å²) in [5.41, 5.74) is 8.63. The summed E-state index contributed by atoms with van der Waals surface area (Å²) in [4.78, 5) is 2.31. The minimum Gasteiger partial charge on any atom is -0.493 e. The second kappa shape index (κ2) is 7.87. The summed E-state index contributed by atoms with van der Waals surface area (Å²) < 4.78 is 5.85. The van der Waals surface area contributed by atoms with E-state index in [-0.39, 0.29) is 11.0 Å². The molecule has 0 saturated heterocycles. The fourth-order valence-corrected chi connectivity index (χ4v) is 2.10. The van der Waals surface area contributed by atoms with Crippen molar-refractivity contribution in [2.45, 2.75) is 54.0 Å². The molecule has 0 aliphatic carbocycles. The topological polar surface area (TPSA) is 38.5 Å². The van der Waals surface area contributed by atoms with Crippen molar-refractivity contribution in [1.29, 1.82) is 0 Å². The number of hydrogen-bond acceptors (Lipinski definition) is 3. The molecule has 1 rings (SSSR count). The Morgan fingerprint density at radius 1 is 1.09 bits per heavy atom. The van der Waals surface area contributed by atoms with Crippen molar-refractivity contribution in [1.82, 2.24) is 0 Å². The van der Waals surface area contributed by atoms with Crippen molar-refractivity contribution in [2.75, 3.05) is 24.6 Å². The zero-order valence-electron chi connectivity index (χ0n) is 15.9. The molecule has 1 aromatic carbocycles. The molecule has 0 aliphatic rings. The van der Waals surface area contributed by atoms with Gasteiger partial charge in [0.25, 0.3) is 0 Å². The SMILES string of the molecule is CC(C)=CCN(CC(C)(C)N)c1ccc(OCC(C)(C)C)cc1. The molecule has 0 fully saturated rings. The molecule has 130 valence electrons. The minimum absolute atomic E-state index is 0.164. The first-order valence-electron chi connectivity index (χ1n) is 8.36. The predicted molar refractivity (Wildman–Crippen MR) is 101 cm³/mol. The molecule has 3 heteroatoms. The van der Waals surface area contributed by atoms with Gasteiger partial charge in [-0.1, -0.05) is 32.4 Å². The van der Waals surface area contributed by atoms with Crippen LogP contribution >= 0.6 is 0 Å². The predicted octanol–water partition coefficient (Wildman–Crippen LogP) is 4.62. The van der Waals surface area contributed by atoms with Crippen molar-refractivity contribution >= 4 is 5.69 Å². The third-order valence-corrected chi connectivity index (χ3v) is 3.19. The molecule has 3 nitrogen and oxygen atoms in total. The third kappa shape index (κ3) is 8.65. The van der Waals surface area contributed by atoms with Gasteiger partial charge in [-0.05, 0) is 57.4 Å². The van der Waals surface area contributed by atoms with Crippen LogP contribution in [0, 0.1) is 5.41 Å². The molecule has 0 saturated carbocycles. The van der Waals surface area contributed by atoms with Gasteiger partial charge in [0.1, 0.15) is 5.75 Å². The Bertz CT molecular complexity index is 500. The lowest BCUT2D eigenvalue weighted by Gasteiger charge is -2.31. The standard InChI is InChI=1S/C20H34N2O/c1-16(2)12-13-22(14-20(6,7)21)17-8-10-18(11-9-17)23-15-19(3,4)5/h8-12H,13-15,21H2,1-7H3. The van der Waals surface area contributed by atoms with Gasteiger partial charge in [-0.2, -0.15) is 0 Å². The van der Waals surface area contributed by atoms with Gasteiger partial charge in [0.2, 0.25) is 0 Å². The molecule has 1 aromatic rings. The monoisotopic (exact) mass is 318 g/mol. The molecule has 0 aromatic heterocycles. The summed E-state index contributed by atoms with van der Waals surface area (Å²) >= 11 is 0. The summed E-state index contributed by atoms with van der Waals surface area (Å²) in [7, 11) is 0. The maximum absolute atomic E-state index is 6.22. The maximum atomic E-state index is 6.22. The van der Waals surface area contributed by atoms with E-state index in [2.05, 4.69) is 71.6 Å². The Morgan fingerprint density at radius 3 is 2.09 bits per heavy atom. The van der Waals surface area contributed by atoms with E-state index in [4.69, 9.17) is 10.5 Å². The van der Waals surface area contributed by atoms with Gasteiger partial charge < -0.3 is 15.4 Å². The van der Waals surface area contributed by atoms with Crippen LogP contribution in [0.3, 0.4) is 0 Å². The van der Waals surface area contributed by atoms with Gasteiger partial charge >= 0.3 is 0 Å². The van der Waals surface area contributed by atoms with Crippen molar-refractivity contribution in [3.05, 3.63) is 35.9 Å². The maximum Gasteiger partial charge on any atom is 0.119 e. The molecule has 0 bridgehead atoms. The number of allylic oxidation sites excluding steroid dienone is 1. The fraction of sp³-hybridized carbons (Fsp3) is 0.600. The first-order valence-corrected chi connectivity index (χ1v) is 8.36. The highest BCUT2D eigenvalue weighted by atomic mass is 16.5. The number of benzene rings is 1. The molecule has 0 heterocycles. The fourth-order valence-electron chi connectivity index (χ4n) is 2.10. The summed E-state index contributed by atoms with van der Waals surface area (Å²) in [6.45, 7) is 17.3. The number of anilines is 1. The van der Waals surface area contributed by atoms with Gasteiger partial charge in [0.15, 0.2) is 0 Å². The Balaban J connectivity index is 2.83. The molecule has 0 amide bonds. The van der Waals surface area contributed by atoms with Crippen molar-refractivity contribution in [3.8, 4) is 5.75 Å². The lowest BCUT2D eigenvalue weighted by molar-refractivity contribution is 0.198. The van der Waals surface area contributed by atoms with E-state index < -0.39 is 0 Å². The molecule has 0 spiro atoms. The van der Waals surface area contributed by atoms with Crippen molar-refractivity contribution in [2.24, 2.45) is 11.1 Å². The molecule has 2 N–H and O–H groups in total. The highest BCUT2D eigenvalue weighted by molar-refractivity contribution is 5.50. The van der Waals surface area contributed by atoms with Crippen molar-refractivity contribution in [3.63, 3.8) is 0 Å². The molecular weight excluding hydrogens is 284 g/mol. The van der Waals surface area contributed by atoms with Crippen LogP contribution in [-0.2, 0) is 0 Å². The average Bonchev–Trinajstić information content (AvgIpc) is 2.40. The quantitative estimate of drug-likeness (QED) is 0.745. The van der Waals surface area contributed by atoms with E-state index in [0.717, 1.165) is 18.8 Å². The Hall–Kier alpha value is -1.48. The lowest BCUT2D eigenvalue weighted by Crippen LogP contribution is -2.45. The minimum atomic E-state index is -0.239. The van der Waals surface area contributed by atoms with Gasteiger partial charge in [0.05, 0.1) is 6.61 Å². The Morgan fingerprint density at radius 2 is 1.65 bits per heavy atom. The lowest BCUT2D eigenvalue weighted by atomic mass is 9.99. The van der Waals surface area contributed by atoms with Crippen LogP contribution in [-0.4, -0.2) is 25.2 Å². The van der Waals surface area contributed by atoms with Gasteiger partial charge in [-0.3, -0.25) is 0 Å². The smallest absolute Gasteiger partial charge is 0.119 e. The highest BCUT2D eigenvalue weighted by Crippen LogP contribution is 2.23. The van der Waals surface area contributed by atoms with Gasteiger partial charge in [-0.15, -0.1) is 0 Å². The number of rotatable bonds is 7. The summed E-state index contributed by atoms with van der Waals surface area (Å²) in [6.07, 6.45) is 2.23. The zero-order valence-corrected chi connectivity index (χ0v) is 15.9. The van der Waals surface area contributed by atoms with Crippen LogP contribution in [0.2, 0.25) is 0 Å². The first kappa shape index (κ1) is 19.6. The second-order valence-corrected chi connectivity index (χ2v) is 8.49. The van der Waals surface area contributed by atoms with Crippen LogP contribution in [0.5, 0.6) is 5.75 Å². The van der Waals surface area contributed by atoms with Crippen LogP contribution in [0.4, 0.5) is 5.69 Å². The number of nitrogens with zero attached hydrogens (tertiary/aromatic N) is 1. The van der Waals surface area contributed by atoms with E-state index in [0.29, 0.717) is 6.61 Å². The van der Waals surface area contributed by atoms with E-state index in [1.807, 2.05) is 12.1 Å². The molecule has 0 radical (unpaired) electrons. The van der Waals surface area contributed by atoms with Crippen LogP contribution in [0.1, 0.15) is 48.5 Å². The Labute approximate surface area is 142 Å². The van der Waals surface area contributed by atoms with Crippen molar-refractivity contribution < 1.29 is 4.74 Å². The van der Waals surface area contributed by atoms with Gasteiger partial charge in [0, 0.05) is 24.3 Å². The first-order chi connectivity index (χ1) is 10.5. The molecular formula is C20H34N2O. The second-order valence-electron chi connectivity index (χ2n) is 8.49. The summed E-state index contributed by atoms with van der Waals surface area (Å²) in [5, 5.41) is 0.